The van der Waals surface area contributed by atoms with E-state index < -0.39 is 0 Å². The summed E-state index contributed by atoms with van der Waals surface area (Å²) in [6.45, 7) is 4.54. The first-order valence-electron chi connectivity index (χ1n) is 7.08. The maximum absolute atomic E-state index is 11.8. The van der Waals surface area contributed by atoms with E-state index in [0.717, 1.165) is 24.0 Å². The van der Waals surface area contributed by atoms with Gasteiger partial charge in [0.1, 0.15) is 5.78 Å². The first kappa shape index (κ1) is 16.4. The number of aryl methyl sites for hydroxylation is 1. The van der Waals surface area contributed by atoms with Gasteiger partial charge in [0.25, 0.3) is 0 Å². The van der Waals surface area contributed by atoms with Crippen molar-refractivity contribution < 1.29 is 9.59 Å². The van der Waals surface area contributed by atoms with Crippen LogP contribution in [0.25, 0.3) is 0 Å². The highest BCUT2D eigenvalue weighted by molar-refractivity contribution is 5.80. The zero-order chi connectivity index (χ0) is 15.0. The Labute approximate surface area is 120 Å². The van der Waals surface area contributed by atoms with E-state index in [1.807, 2.05) is 31.2 Å². The third-order valence-electron chi connectivity index (χ3n) is 3.37. The van der Waals surface area contributed by atoms with Crippen molar-refractivity contribution in [2.45, 2.75) is 39.7 Å². The van der Waals surface area contributed by atoms with Crippen molar-refractivity contribution in [3.05, 3.63) is 35.4 Å². The van der Waals surface area contributed by atoms with Crippen molar-refractivity contribution in [3.8, 4) is 0 Å². The lowest BCUT2D eigenvalue weighted by molar-refractivity contribution is -0.122. The standard InChI is InChI=1S/C16H24N2O2/c1-12(9-10-17)16(20)8-7-14-3-5-15(6-4-14)11-18-13(2)19/h3-6,12H,7-11,17H2,1-2H3,(H,18,19). The van der Waals surface area contributed by atoms with Gasteiger partial charge >= 0.3 is 0 Å². The molecule has 0 saturated carbocycles. The highest BCUT2D eigenvalue weighted by Crippen LogP contribution is 2.11. The molecular weight excluding hydrogens is 252 g/mol. The van der Waals surface area contributed by atoms with Crippen LogP contribution in [0.15, 0.2) is 24.3 Å². The topological polar surface area (TPSA) is 72.2 Å². The Hall–Kier alpha value is -1.68. The van der Waals surface area contributed by atoms with Crippen molar-refractivity contribution >= 4 is 11.7 Å². The average Bonchev–Trinajstić information content (AvgIpc) is 2.43. The third-order valence-corrected chi connectivity index (χ3v) is 3.37. The molecule has 0 aliphatic carbocycles. The van der Waals surface area contributed by atoms with Gasteiger partial charge in [-0.25, -0.2) is 0 Å². The molecule has 0 heterocycles. The number of carbonyl (C=O) groups excluding carboxylic acids is 2. The molecule has 20 heavy (non-hydrogen) atoms. The number of hydrogen-bond donors (Lipinski definition) is 2. The average molecular weight is 276 g/mol. The molecule has 1 rings (SSSR count). The van der Waals surface area contributed by atoms with Crippen molar-refractivity contribution in [3.63, 3.8) is 0 Å². The number of benzene rings is 1. The van der Waals surface area contributed by atoms with Crippen LogP contribution < -0.4 is 11.1 Å². The van der Waals surface area contributed by atoms with E-state index in [-0.39, 0.29) is 17.6 Å². The molecule has 110 valence electrons. The fourth-order valence-corrected chi connectivity index (χ4v) is 1.98. The minimum absolute atomic E-state index is 0.0337. The van der Waals surface area contributed by atoms with Gasteiger partial charge in [0.15, 0.2) is 0 Å². The normalized spacial score (nSPS) is 11.9. The predicted octanol–water partition coefficient (Wildman–Crippen LogP) is 1.81. The number of hydrogen-bond acceptors (Lipinski definition) is 3. The molecule has 1 atom stereocenters. The van der Waals surface area contributed by atoms with Crippen molar-refractivity contribution in [1.82, 2.24) is 5.32 Å². The Morgan fingerprint density at radius 3 is 2.35 bits per heavy atom. The number of nitrogens with one attached hydrogen (secondary N) is 1. The second-order valence-corrected chi connectivity index (χ2v) is 5.17. The minimum atomic E-state index is -0.0337. The van der Waals surface area contributed by atoms with E-state index in [1.165, 1.54) is 6.92 Å². The molecule has 0 radical (unpaired) electrons. The number of nitrogens with two attached hydrogens (primary N) is 1. The summed E-state index contributed by atoms with van der Waals surface area (Å²) in [5, 5.41) is 2.76. The van der Waals surface area contributed by atoms with E-state index in [1.54, 1.807) is 0 Å². The Kier molecular flexibility index (Phi) is 6.94. The summed E-state index contributed by atoms with van der Waals surface area (Å²) in [6.07, 6.45) is 2.08. The zero-order valence-corrected chi connectivity index (χ0v) is 12.3. The maximum Gasteiger partial charge on any atom is 0.217 e. The Bertz CT molecular complexity index is 440. The van der Waals surface area contributed by atoms with E-state index in [4.69, 9.17) is 5.73 Å². The van der Waals surface area contributed by atoms with E-state index in [9.17, 15) is 9.59 Å². The lowest BCUT2D eigenvalue weighted by Crippen LogP contribution is -2.18. The van der Waals surface area contributed by atoms with Gasteiger partial charge in [0, 0.05) is 25.8 Å². The van der Waals surface area contributed by atoms with Gasteiger partial charge in [-0.2, -0.15) is 0 Å². The number of Topliss-reactive ketones (excluding diaryl/α,β-unsaturated/α-hetero) is 1. The van der Waals surface area contributed by atoms with Crippen LogP contribution in [0.2, 0.25) is 0 Å². The Balaban J connectivity index is 2.41. The van der Waals surface area contributed by atoms with Gasteiger partial charge in [-0.05, 0) is 30.5 Å². The van der Waals surface area contributed by atoms with Gasteiger partial charge in [0.2, 0.25) is 5.91 Å². The van der Waals surface area contributed by atoms with Crippen molar-refractivity contribution in [2.24, 2.45) is 11.7 Å². The summed E-state index contributed by atoms with van der Waals surface area (Å²) in [6, 6.07) is 7.99. The van der Waals surface area contributed by atoms with Gasteiger partial charge in [-0.3, -0.25) is 9.59 Å². The molecule has 0 bridgehead atoms. The van der Waals surface area contributed by atoms with E-state index in [2.05, 4.69) is 5.32 Å². The summed E-state index contributed by atoms with van der Waals surface area (Å²) in [4.78, 5) is 22.7. The SMILES string of the molecule is CC(=O)NCc1ccc(CCC(=O)C(C)CCN)cc1. The fourth-order valence-electron chi connectivity index (χ4n) is 1.98. The first-order chi connectivity index (χ1) is 9.52. The molecule has 1 aromatic rings. The molecule has 0 fully saturated rings. The predicted molar refractivity (Wildman–Crippen MR) is 80.1 cm³/mol. The summed E-state index contributed by atoms with van der Waals surface area (Å²) < 4.78 is 0. The molecule has 1 aromatic carbocycles. The number of amides is 1. The van der Waals surface area contributed by atoms with Crippen LogP contribution >= 0.6 is 0 Å². The van der Waals surface area contributed by atoms with Crippen LogP contribution in [0.3, 0.4) is 0 Å². The quantitative estimate of drug-likeness (QED) is 0.760. The number of carbonyl (C=O) groups is 2. The van der Waals surface area contributed by atoms with Crippen LogP contribution in [0.1, 0.15) is 37.8 Å². The van der Waals surface area contributed by atoms with Crippen LogP contribution in [0.5, 0.6) is 0 Å². The first-order valence-corrected chi connectivity index (χ1v) is 7.08. The fraction of sp³-hybridized carbons (Fsp3) is 0.500. The maximum atomic E-state index is 11.8. The molecule has 4 nitrogen and oxygen atoms in total. The molecular formula is C16H24N2O2. The Morgan fingerprint density at radius 2 is 1.80 bits per heavy atom. The summed E-state index contributed by atoms with van der Waals surface area (Å²) in [5.41, 5.74) is 7.66. The molecule has 0 aliphatic heterocycles. The summed E-state index contributed by atoms with van der Waals surface area (Å²) in [7, 11) is 0. The van der Waals surface area contributed by atoms with Gasteiger partial charge in [0.05, 0.1) is 0 Å². The Morgan fingerprint density at radius 1 is 1.20 bits per heavy atom. The minimum Gasteiger partial charge on any atom is -0.352 e. The highest BCUT2D eigenvalue weighted by Gasteiger charge is 2.11. The molecule has 0 aromatic heterocycles. The largest absolute Gasteiger partial charge is 0.352 e. The second-order valence-electron chi connectivity index (χ2n) is 5.17. The molecule has 0 aliphatic rings. The third kappa shape index (κ3) is 5.97. The van der Waals surface area contributed by atoms with Gasteiger partial charge < -0.3 is 11.1 Å². The molecule has 1 amide bonds. The van der Waals surface area contributed by atoms with Gasteiger partial charge in [-0.1, -0.05) is 31.2 Å². The van der Waals surface area contributed by atoms with Crippen molar-refractivity contribution in [2.75, 3.05) is 6.54 Å². The van der Waals surface area contributed by atoms with Crippen LogP contribution in [-0.2, 0) is 22.6 Å². The van der Waals surface area contributed by atoms with Gasteiger partial charge in [-0.15, -0.1) is 0 Å². The zero-order valence-electron chi connectivity index (χ0n) is 12.3. The van der Waals surface area contributed by atoms with Crippen LogP contribution in [0, 0.1) is 5.92 Å². The smallest absolute Gasteiger partial charge is 0.217 e. The lowest BCUT2D eigenvalue weighted by atomic mass is 9.96. The number of ketones is 1. The van der Waals surface area contributed by atoms with Crippen molar-refractivity contribution in [1.29, 1.82) is 0 Å². The monoisotopic (exact) mass is 276 g/mol. The summed E-state index contributed by atoms with van der Waals surface area (Å²) >= 11 is 0. The van der Waals surface area contributed by atoms with E-state index >= 15 is 0 Å². The lowest BCUT2D eigenvalue weighted by Gasteiger charge is -2.09. The van der Waals surface area contributed by atoms with Crippen LogP contribution in [-0.4, -0.2) is 18.2 Å². The highest BCUT2D eigenvalue weighted by atomic mass is 16.1. The molecule has 0 saturated heterocycles. The van der Waals surface area contributed by atoms with E-state index in [0.29, 0.717) is 19.5 Å². The molecule has 4 heteroatoms. The molecule has 3 N–H and O–H groups in total. The molecule has 0 spiro atoms. The number of rotatable bonds is 8. The van der Waals surface area contributed by atoms with Crippen LogP contribution in [0.4, 0.5) is 0 Å². The second kappa shape index (κ2) is 8.48. The molecule has 1 unspecified atom stereocenters. The summed E-state index contributed by atoms with van der Waals surface area (Å²) in [5.74, 6) is 0.297.